The van der Waals surface area contributed by atoms with Crippen molar-refractivity contribution in [2.24, 2.45) is 5.92 Å². The third-order valence-corrected chi connectivity index (χ3v) is 4.94. The first-order chi connectivity index (χ1) is 14.5. The van der Waals surface area contributed by atoms with Crippen LogP contribution in [0.15, 0.2) is 84.9 Å². The molecule has 30 heavy (non-hydrogen) atoms. The van der Waals surface area contributed by atoms with Crippen LogP contribution in [0.5, 0.6) is 0 Å². The second-order valence-corrected chi connectivity index (χ2v) is 6.88. The number of hydrogen-bond donors (Lipinski definition) is 1. The van der Waals surface area contributed by atoms with Crippen LogP contribution in [0, 0.1) is 11.7 Å². The van der Waals surface area contributed by atoms with Gasteiger partial charge in [0.15, 0.2) is 0 Å². The van der Waals surface area contributed by atoms with Crippen molar-refractivity contribution in [2.75, 3.05) is 10.4 Å². The lowest BCUT2D eigenvalue weighted by molar-refractivity contribution is -0.316. The summed E-state index contributed by atoms with van der Waals surface area (Å²) in [6, 6.07) is 22.5. The number of carboxylic acids is 1. The topological polar surface area (TPSA) is 81.7 Å². The van der Waals surface area contributed by atoms with Crippen LogP contribution in [0.2, 0.25) is 0 Å². The van der Waals surface area contributed by atoms with E-state index in [0.717, 1.165) is 0 Å². The second kappa shape index (κ2) is 8.34. The van der Waals surface area contributed by atoms with Gasteiger partial charge in [0.05, 0.1) is 23.6 Å². The van der Waals surface area contributed by atoms with Gasteiger partial charge in [-0.2, -0.15) is 0 Å². The van der Waals surface area contributed by atoms with E-state index in [9.17, 15) is 19.1 Å². The van der Waals surface area contributed by atoms with E-state index in [2.05, 4.69) is 5.32 Å². The van der Waals surface area contributed by atoms with Crippen molar-refractivity contribution in [2.45, 2.75) is 12.1 Å². The Kier molecular flexibility index (Phi) is 5.45. The van der Waals surface area contributed by atoms with Gasteiger partial charge in [-0.15, -0.1) is 0 Å². The molecule has 0 spiro atoms. The van der Waals surface area contributed by atoms with Gasteiger partial charge in [-0.25, -0.2) is 9.45 Å². The average molecular weight is 405 g/mol. The van der Waals surface area contributed by atoms with Crippen LogP contribution in [0.25, 0.3) is 0 Å². The molecular weight excluding hydrogens is 387 g/mol. The highest BCUT2D eigenvalue weighted by Gasteiger charge is 2.49. The third kappa shape index (κ3) is 3.88. The van der Waals surface area contributed by atoms with Gasteiger partial charge in [-0.05, 0) is 42.0 Å². The number of nitrogens with one attached hydrogen (secondary N) is 1. The van der Waals surface area contributed by atoms with Gasteiger partial charge < -0.3 is 15.2 Å². The fourth-order valence-electron chi connectivity index (χ4n) is 3.58. The highest BCUT2D eigenvalue weighted by molar-refractivity contribution is 5.97. The van der Waals surface area contributed by atoms with Crippen molar-refractivity contribution in [3.63, 3.8) is 0 Å². The zero-order valence-corrected chi connectivity index (χ0v) is 15.8. The summed E-state index contributed by atoms with van der Waals surface area (Å²) in [5.74, 6) is -3.61. The van der Waals surface area contributed by atoms with Crippen LogP contribution in [0.1, 0.15) is 11.6 Å². The van der Waals surface area contributed by atoms with Crippen LogP contribution >= 0.6 is 0 Å². The van der Waals surface area contributed by atoms with E-state index >= 15 is 0 Å². The van der Waals surface area contributed by atoms with Gasteiger partial charge >= 0.3 is 0 Å². The highest BCUT2D eigenvalue weighted by atomic mass is 19.1. The molecule has 0 radical (unpaired) electrons. The fraction of sp³-hybridized carbons (Fsp3) is 0.130. The number of carbonyl (C=O) groups excluding carboxylic acids is 2. The van der Waals surface area contributed by atoms with Crippen molar-refractivity contribution in [3.8, 4) is 0 Å². The molecule has 1 aliphatic rings. The van der Waals surface area contributed by atoms with Crippen molar-refractivity contribution < 1.29 is 23.9 Å². The maximum atomic E-state index is 13.2. The van der Waals surface area contributed by atoms with E-state index in [1.807, 2.05) is 12.1 Å². The number of halogens is 1. The maximum absolute atomic E-state index is 13.2. The molecule has 3 aromatic rings. The summed E-state index contributed by atoms with van der Waals surface area (Å²) in [5, 5.41) is 16.0. The molecule has 0 saturated carbocycles. The van der Waals surface area contributed by atoms with Gasteiger partial charge in [-0.3, -0.25) is 9.63 Å². The minimum atomic E-state index is -1.50. The Morgan fingerprint density at radius 1 is 0.900 bits per heavy atom. The summed E-state index contributed by atoms with van der Waals surface area (Å²) in [7, 11) is 0. The molecule has 1 aliphatic heterocycles. The van der Waals surface area contributed by atoms with Gasteiger partial charge in [0.25, 0.3) is 0 Å². The summed E-state index contributed by atoms with van der Waals surface area (Å²) < 4.78 is 13.2. The lowest BCUT2D eigenvalue weighted by Gasteiger charge is -2.27. The number of nitrogens with zero attached hydrogens (tertiary/aromatic N) is 1. The summed E-state index contributed by atoms with van der Waals surface area (Å²) in [6.07, 6.45) is -1.50. The third-order valence-electron chi connectivity index (χ3n) is 4.94. The molecule has 1 heterocycles. The second-order valence-electron chi connectivity index (χ2n) is 6.88. The predicted octanol–water partition coefficient (Wildman–Crippen LogP) is 2.69. The smallest absolute Gasteiger partial charge is 0.233 e. The average Bonchev–Trinajstić information content (AvgIpc) is 3.18. The Morgan fingerprint density at radius 3 is 2.10 bits per heavy atom. The number of para-hydroxylation sites is 1. The molecule has 1 N–H and O–H groups in total. The summed E-state index contributed by atoms with van der Waals surface area (Å²) in [5.41, 5.74) is 1.67. The fourth-order valence-corrected chi connectivity index (χ4v) is 3.58. The molecule has 3 atom stereocenters. The summed E-state index contributed by atoms with van der Waals surface area (Å²) >= 11 is 0. The number of aliphatic carboxylic acids is 1. The van der Waals surface area contributed by atoms with Crippen LogP contribution in [-0.4, -0.2) is 18.0 Å². The monoisotopic (exact) mass is 405 g/mol. The molecule has 152 valence electrons. The van der Waals surface area contributed by atoms with Crippen molar-refractivity contribution >= 4 is 23.3 Å². The number of carbonyl (C=O) groups is 2. The molecule has 3 aromatic carbocycles. The predicted molar refractivity (Wildman–Crippen MR) is 107 cm³/mol. The van der Waals surface area contributed by atoms with E-state index in [1.54, 1.807) is 48.5 Å². The largest absolute Gasteiger partial charge is 0.547 e. The SMILES string of the molecule is O=C(Nc1ccc(F)cc1)[C@H]1[C@H](C(=O)[O-])ON(c2ccccc2)[C@H]1c1ccccc1. The Balaban J connectivity index is 1.74. The quantitative estimate of drug-likeness (QED) is 0.706. The zero-order chi connectivity index (χ0) is 21.1. The number of anilines is 2. The molecule has 6 nitrogen and oxygen atoms in total. The number of hydrogen-bond acceptors (Lipinski definition) is 5. The number of hydroxylamine groups is 1. The number of benzene rings is 3. The van der Waals surface area contributed by atoms with Crippen molar-refractivity contribution in [3.05, 3.63) is 96.3 Å². The van der Waals surface area contributed by atoms with E-state index in [1.165, 1.54) is 29.3 Å². The summed E-state index contributed by atoms with van der Waals surface area (Å²) in [4.78, 5) is 30.8. The Hall–Kier alpha value is -3.71. The Morgan fingerprint density at radius 2 is 1.50 bits per heavy atom. The standard InChI is InChI=1S/C23H19FN2O4/c24-16-11-13-17(14-12-16)25-22(27)19-20(15-7-3-1-4-8-15)26(30-21(19)23(28)29)18-9-5-2-6-10-18/h1-14,19-21H,(H,25,27)(H,28,29)/p-1/t19-,20+,21-/m1/s1. The lowest BCUT2D eigenvalue weighted by atomic mass is 9.88. The minimum absolute atomic E-state index is 0.350. The van der Waals surface area contributed by atoms with Crippen LogP contribution in [0.3, 0.4) is 0 Å². The van der Waals surface area contributed by atoms with E-state index in [-0.39, 0.29) is 0 Å². The minimum Gasteiger partial charge on any atom is -0.547 e. The molecule has 7 heteroatoms. The van der Waals surface area contributed by atoms with E-state index < -0.39 is 35.8 Å². The maximum Gasteiger partial charge on any atom is 0.233 e. The summed E-state index contributed by atoms with van der Waals surface area (Å²) in [6.45, 7) is 0. The molecule has 1 fully saturated rings. The first-order valence-corrected chi connectivity index (χ1v) is 9.38. The van der Waals surface area contributed by atoms with Gasteiger partial charge in [-0.1, -0.05) is 48.5 Å². The van der Waals surface area contributed by atoms with E-state index in [4.69, 9.17) is 4.84 Å². The normalized spacial score (nSPS) is 20.7. The Labute approximate surface area is 172 Å². The number of amides is 1. The first kappa shape index (κ1) is 19.6. The van der Waals surface area contributed by atoms with Crippen LogP contribution < -0.4 is 15.5 Å². The molecule has 0 aromatic heterocycles. The van der Waals surface area contributed by atoms with Crippen molar-refractivity contribution in [1.82, 2.24) is 0 Å². The van der Waals surface area contributed by atoms with Crippen LogP contribution in [-0.2, 0) is 14.4 Å². The first-order valence-electron chi connectivity index (χ1n) is 9.38. The Bertz CT molecular complexity index is 1030. The van der Waals surface area contributed by atoms with Gasteiger partial charge in [0, 0.05) is 5.69 Å². The number of carboxylic acid groups (broad SMARTS) is 1. The molecule has 1 saturated heterocycles. The van der Waals surface area contributed by atoms with Crippen molar-refractivity contribution in [1.29, 1.82) is 0 Å². The molecule has 4 rings (SSSR count). The van der Waals surface area contributed by atoms with E-state index in [0.29, 0.717) is 16.9 Å². The molecular formula is C23H18FN2O4-. The lowest BCUT2D eigenvalue weighted by Crippen LogP contribution is -2.44. The zero-order valence-electron chi connectivity index (χ0n) is 15.8. The molecule has 0 bridgehead atoms. The molecule has 0 aliphatic carbocycles. The highest BCUT2D eigenvalue weighted by Crippen LogP contribution is 2.42. The van der Waals surface area contributed by atoms with Gasteiger partial charge in [0.2, 0.25) is 5.91 Å². The molecule has 1 amide bonds. The molecule has 0 unspecified atom stereocenters. The number of rotatable bonds is 5. The van der Waals surface area contributed by atoms with Crippen LogP contribution in [0.4, 0.5) is 15.8 Å². The van der Waals surface area contributed by atoms with Gasteiger partial charge in [0.1, 0.15) is 11.9 Å².